The number of carbonyl (C=O) groups excluding carboxylic acids is 1. The molecule has 2 N–H and O–H groups in total. The lowest BCUT2D eigenvalue weighted by molar-refractivity contribution is 0.0919. The van der Waals surface area contributed by atoms with Crippen molar-refractivity contribution in [1.29, 1.82) is 0 Å². The molecule has 0 radical (unpaired) electrons. The third-order valence-corrected chi connectivity index (χ3v) is 5.22. The molecule has 0 bridgehead atoms. The first-order valence-electron chi connectivity index (χ1n) is 10.1. The summed E-state index contributed by atoms with van der Waals surface area (Å²) >= 11 is 6.14. The van der Waals surface area contributed by atoms with Gasteiger partial charge in [0.1, 0.15) is 0 Å². The van der Waals surface area contributed by atoms with E-state index in [1.807, 2.05) is 93.0 Å². The minimum absolute atomic E-state index is 0.103. The third-order valence-electron chi connectivity index (χ3n) is 4.99. The molecule has 4 rings (SSSR count). The number of amides is 1. The second-order valence-electron chi connectivity index (χ2n) is 8.57. The van der Waals surface area contributed by atoms with Gasteiger partial charge >= 0.3 is 0 Å². The van der Waals surface area contributed by atoms with Crippen molar-refractivity contribution in [1.82, 2.24) is 15.0 Å². The maximum atomic E-state index is 13.0. The molecule has 31 heavy (non-hydrogen) atoms. The van der Waals surface area contributed by atoms with Crippen molar-refractivity contribution in [2.24, 2.45) is 0 Å². The smallest absolute Gasteiger partial charge is 0.253 e. The molecule has 5 nitrogen and oxygen atoms in total. The van der Waals surface area contributed by atoms with Crippen molar-refractivity contribution < 1.29 is 4.79 Å². The predicted octanol–water partition coefficient (Wildman–Crippen LogP) is 6.07. The lowest BCUT2D eigenvalue weighted by Gasteiger charge is -2.20. The van der Waals surface area contributed by atoms with E-state index in [-0.39, 0.29) is 11.4 Å². The topological polar surface area (TPSA) is 59.0 Å². The Labute approximate surface area is 187 Å². The number of hydrogen-bond donors (Lipinski definition) is 2. The first-order valence-corrected chi connectivity index (χ1v) is 10.5. The van der Waals surface area contributed by atoms with Crippen molar-refractivity contribution in [3.05, 3.63) is 83.1 Å². The normalized spacial score (nSPS) is 11.5. The largest absolute Gasteiger partial charge is 0.347 e. The zero-order valence-corrected chi connectivity index (χ0v) is 18.8. The summed E-state index contributed by atoms with van der Waals surface area (Å²) in [5, 5.41) is 4.65. The first kappa shape index (κ1) is 20.9. The van der Waals surface area contributed by atoms with Gasteiger partial charge in [-0.05, 0) is 58.0 Å². The highest BCUT2D eigenvalue weighted by Crippen LogP contribution is 2.29. The Balaban J connectivity index is 1.84. The van der Waals surface area contributed by atoms with Crippen LogP contribution in [-0.2, 0) is 0 Å². The van der Waals surface area contributed by atoms with E-state index in [2.05, 4.69) is 15.7 Å². The highest BCUT2D eigenvalue weighted by atomic mass is 35.5. The predicted molar refractivity (Wildman–Crippen MR) is 128 cm³/mol. The van der Waals surface area contributed by atoms with Gasteiger partial charge in [-0.1, -0.05) is 41.9 Å². The summed E-state index contributed by atoms with van der Waals surface area (Å²) in [6, 6.07) is 19.5. The molecule has 0 aliphatic carbocycles. The quantitative estimate of drug-likeness (QED) is 0.411. The molecule has 0 atom stereocenters. The minimum Gasteiger partial charge on any atom is -0.347 e. The molecule has 4 aromatic rings. The van der Waals surface area contributed by atoms with Gasteiger partial charge < -0.3 is 5.32 Å². The van der Waals surface area contributed by atoms with E-state index in [1.165, 1.54) is 0 Å². The Bertz CT molecular complexity index is 1260. The Morgan fingerprint density at radius 2 is 1.77 bits per heavy atom. The van der Waals surface area contributed by atoms with Gasteiger partial charge in [0.05, 0.1) is 28.2 Å². The van der Waals surface area contributed by atoms with E-state index in [9.17, 15) is 4.79 Å². The standard InChI is InChI=1S/C25H25ClN4O/c1-16-20(24(31)28-25(2,3)4)15-23(17-8-6-5-7-9-17)30(16)29-21-12-13-27-22-14-18(26)10-11-19(21)22/h5-15H,1-4H3,(H,27,29)(H,28,31). The second kappa shape index (κ2) is 8.08. The van der Waals surface area contributed by atoms with E-state index < -0.39 is 0 Å². The molecule has 2 aromatic heterocycles. The van der Waals surface area contributed by atoms with Gasteiger partial charge in [-0.2, -0.15) is 0 Å². The minimum atomic E-state index is -0.327. The van der Waals surface area contributed by atoms with Crippen LogP contribution in [0.1, 0.15) is 36.8 Å². The highest BCUT2D eigenvalue weighted by molar-refractivity contribution is 6.31. The van der Waals surface area contributed by atoms with Gasteiger partial charge in [0.2, 0.25) is 0 Å². The van der Waals surface area contributed by atoms with Gasteiger partial charge in [0.25, 0.3) is 5.91 Å². The number of aromatic nitrogens is 2. The molecule has 0 aliphatic heterocycles. The number of fused-ring (bicyclic) bond motifs is 1. The zero-order chi connectivity index (χ0) is 22.2. The molecule has 2 heterocycles. The molecule has 6 heteroatoms. The molecule has 0 fully saturated rings. The van der Waals surface area contributed by atoms with Gasteiger partial charge in [-0.3, -0.25) is 19.9 Å². The van der Waals surface area contributed by atoms with Gasteiger partial charge in [0.15, 0.2) is 0 Å². The number of halogens is 1. The summed E-state index contributed by atoms with van der Waals surface area (Å²) in [7, 11) is 0. The van der Waals surface area contributed by atoms with Crippen LogP contribution in [0, 0.1) is 6.92 Å². The summed E-state index contributed by atoms with van der Waals surface area (Å²) in [5.74, 6) is -0.103. The van der Waals surface area contributed by atoms with Crippen molar-refractivity contribution in [2.75, 3.05) is 5.43 Å². The number of benzene rings is 2. The summed E-state index contributed by atoms with van der Waals surface area (Å²) in [6.07, 6.45) is 1.75. The molecule has 2 aromatic carbocycles. The Kier molecular flexibility index (Phi) is 5.46. The molecule has 0 aliphatic rings. The van der Waals surface area contributed by atoms with Crippen LogP contribution in [0.3, 0.4) is 0 Å². The molecular weight excluding hydrogens is 408 g/mol. The van der Waals surface area contributed by atoms with Crippen LogP contribution in [0.4, 0.5) is 5.69 Å². The molecule has 158 valence electrons. The molecule has 0 saturated heterocycles. The summed E-state index contributed by atoms with van der Waals surface area (Å²) < 4.78 is 1.95. The maximum Gasteiger partial charge on any atom is 0.253 e. The van der Waals surface area contributed by atoms with Crippen LogP contribution in [-0.4, -0.2) is 21.1 Å². The third kappa shape index (κ3) is 4.42. The van der Waals surface area contributed by atoms with Gasteiger partial charge in [-0.15, -0.1) is 0 Å². The number of nitrogens with one attached hydrogen (secondary N) is 2. The fourth-order valence-electron chi connectivity index (χ4n) is 3.55. The van der Waals surface area contributed by atoms with Crippen molar-refractivity contribution in [2.45, 2.75) is 33.2 Å². The van der Waals surface area contributed by atoms with Crippen molar-refractivity contribution >= 4 is 34.1 Å². The Morgan fingerprint density at radius 3 is 2.48 bits per heavy atom. The van der Waals surface area contributed by atoms with Crippen molar-refractivity contribution in [3.8, 4) is 11.3 Å². The van der Waals surface area contributed by atoms with Crippen LogP contribution < -0.4 is 10.7 Å². The fraction of sp³-hybridized carbons (Fsp3) is 0.200. The van der Waals surface area contributed by atoms with E-state index >= 15 is 0 Å². The van der Waals surface area contributed by atoms with Crippen LogP contribution in [0.15, 0.2) is 66.9 Å². The molecule has 1 amide bonds. The average Bonchev–Trinajstić information content (AvgIpc) is 3.04. The van der Waals surface area contributed by atoms with Crippen molar-refractivity contribution in [3.63, 3.8) is 0 Å². The molecule has 0 saturated carbocycles. The molecule has 0 unspecified atom stereocenters. The Hall–Kier alpha value is -3.31. The van der Waals surface area contributed by atoms with E-state index in [0.717, 1.165) is 33.5 Å². The number of anilines is 1. The number of hydrogen-bond acceptors (Lipinski definition) is 3. The second-order valence-corrected chi connectivity index (χ2v) is 9.00. The monoisotopic (exact) mass is 432 g/mol. The summed E-state index contributed by atoms with van der Waals surface area (Å²) in [4.78, 5) is 17.4. The Morgan fingerprint density at radius 1 is 1.03 bits per heavy atom. The van der Waals surface area contributed by atoms with Crippen LogP contribution in [0.5, 0.6) is 0 Å². The van der Waals surface area contributed by atoms with Crippen LogP contribution in [0.25, 0.3) is 22.2 Å². The molecule has 0 spiro atoms. The number of pyridine rings is 1. The first-order chi connectivity index (χ1) is 14.7. The number of rotatable bonds is 4. The summed E-state index contributed by atoms with van der Waals surface area (Å²) in [6.45, 7) is 7.86. The molecular formula is C25H25ClN4O. The summed E-state index contributed by atoms with van der Waals surface area (Å²) in [5.41, 5.74) is 8.20. The van der Waals surface area contributed by atoms with E-state index in [1.54, 1.807) is 6.20 Å². The maximum absolute atomic E-state index is 13.0. The van der Waals surface area contributed by atoms with E-state index in [0.29, 0.717) is 10.6 Å². The van der Waals surface area contributed by atoms with Crippen LogP contribution in [0.2, 0.25) is 5.02 Å². The average molecular weight is 433 g/mol. The lowest BCUT2D eigenvalue weighted by atomic mass is 10.1. The van der Waals surface area contributed by atoms with E-state index in [4.69, 9.17) is 11.6 Å². The van der Waals surface area contributed by atoms with Gasteiger partial charge in [0, 0.05) is 27.7 Å². The fourth-order valence-corrected chi connectivity index (χ4v) is 3.72. The van der Waals surface area contributed by atoms with Crippen LogP contribution >= 0.6 is 11.6 Å². The number of nitrogens with zero attached hydrogens (tertiary/aromatic N) is 2. The van der Waals surface area contributed by atoms with Gasteiger partial charge in [-0.25, -0.2) is 0 Å². The SMILES string of the molecule is Cc1c(C(=O)NC(C)(C)C)cc(-c2ccccc2)n1Nc1ccnc2cc(Cl)ccc12. The number of carbonyl (C=O) groups is 1. The lowest BCUT2D eigenvalue weighted by Crippen LogP contribution is -2.40. The zero-order valence-electron chi connectivity index (χ0n) is 18.0. The highest BCUT2D eigenvalue weighted by Gasteiger charge is 2.22.